The molecule has 17 heavy (non-hydrogen) atoms. The largest absolute Gasteiger partial charge is 0.481 e. The van der Waals surface area contributed by atoms with E-state index in [1.54, 1.807) is 6.07 Å². The van der Waals surface area contributed by atoms with Crippen LogP contribution < -0.4 is 0 Å². The van der Waals surface area contributed by atoms with Crippen LogP contribution in [-0.4, -0.2) is 29.1 Å². The second-order valence-corrected chi connectivity index (χ2v) is 4.44. The third-order valence-corrected chi connectivity index (χ3v) is 3.12. The molecule has 0 saturated carbocycles. The number of benzene rings is 1. The van der Waals surface area contributed by atoms with Crippen molar-refractivity contribution in [1.29, 1.82) is 0 Å². The second-order valence-electron chi connectivity index (χ2n) is 4.44. The predicted molar refractivity (Wildman–Crippen MR) is 62.3 cm³/mol. The van der Waals surface area contributed by atoms with Crippen LogP contribution >= 0.6 is 0 Å². The van der Waals surface area contributed by atoms with Gasteiger partial charge in [0.15, 0.2) is 0 Å². The molecule has 0 aliphatic carbocycles. The first-order valence-corrected chi connectivity index (χ1v) is 5.86. The number of hydrogen-bond acceptors (Lipinski definition) is 2. The molecule has 92 valence electrons. The minimum atomic E-state index is -0.746. The fraction of sp³-hybridized carbons (Fsp3) is 0.462. The summed E-state index contributed by atoms with van der Waals surface area (Å²) >= 11 is 0. The van der Waals surface area contributed by atoms with Gasteiger partial charge in [-0.25, -0.2) is 4.39 Å². The highest BCUT2D eigenvalue weighted by Gasteiger charge is 2.16. The van der Waals surface area contributed by atoms with E-state index in [4.69, 9.17) is 5.11 Å². The Morgan fingerprint density at radius 1 is 1.41 bits per heavy atom. The van der Waals surface area contributed by atoms with Crippen LogP contribution in [0.15, 0.2) is 18.2 Å². The number of carboxylic acids is 1. The molecule has 0 unspecified atom stereocenters. The molecule has 1 heterocycles. The molecule has 0 fully saturated rings. The van der Waals surface area contributed by atoms with E-state index in [0.717, 1.165) is 37.2 Å². The van der Waals surface area contributed by atoms with E-state index in [-0.39, 0.29) is 12.2 Å². The Hall–Kier alpha value is -1.42. The summed E-state index contributed by atoms with van der Waals surface area (Å²) in [7, 11) is 0. The van der Waals surface area contributed by atoms with Gasteiger partial charge in [-0.15, -0.1) is 0 Å². The first-order valence-electron chi connectivity index (χ1n) is 5.86. The van der Waals surface area contributed by atoms with Crippen molar-refractivity contribution in [2.75, 3.05) is 13.1 Å². The number of fused-ring (bicyclic) bond motifs is 1. The van der Waals surface area contributed by atoms with E-state index in [9.17, 15) is 9.18 Å². The van der Waals surface area contributed by atoms with Crippen LogP contribution in [0.5, 0.6) is 0 Å². The molecule has 0 saturated heterocycles. The number of halogens is 1. The summed E-state index contributed by atoms with van der Waals surface area (Å²) < 4.78 is 13.0. The molecule has 0 spiro atoms. The molecular formula is C13H16FNO2. The van der Waals surface area contributed by atoms with Crippen molar-refractivity contribution >= 4 is 5.97 Å². The first kappa shape index (κ1) is 12.0. The number of carbonyl (C=O) groups is 1. The molecule has 0 aromatic heterocycles. The molecule has 1 aromatic carbocycles. The van der Waals surface area contributed by atoms with Gasteiger partial charge in [-0.05, 0) is 42.6 Å². The summed E-state index contributed by atoms with van der Waals surface area (Å²) in [6.07, 6.45) is 1.73. The summed E-state index contributed by atoms with van der Waals surface area (Å²) in [5, 5.41) is 8.57. The Morgan fingerprint density at radius 3 is 3.00 bits per heavy atom. The molecule has 0 radical (unpaired) electrons. The molecule has 2 rings (SSSR count). The van der Waals surface area contributed by atoms with Gasteiger partial charge in [-0.1, -0.05) is 6.07 Å². The van der Waals surface area contributed by atoms with Crippen LogP contribution in [0.4, 0.5) is 4.39 Å². The molecule has 0 amide bonds. The van der Waals surface area contributed by atoms with Crippen molar-refractivity contribution < 1.29 is 14.3 Å². The summed E-state index contributed by atoms with van der Waals surface area (Å²) in [5.74, 6) is -0.924. The maximum atomic E-state index is 13.0. The van der Waals surface area contributed by atoms with Gasteiger partial charge < -0.3 is 5.11 Å². The number of rotatable bonds is 4. The summed E-state index contributed by atoms with van der Waals surface area (Å²) in [6.45, 7) is 2.48. The van der Waals surface area contributed by atoms with Crippen LogP contribution in [0.3, 0.4) is 0 Å². The van der Waals surface area contributed by atoms with E-state index in [1.807, 2.05) is 6.07 Å². The number of nitrogens with zero attached hydrogens (tertiary/aromatic N) is 1. The van der Waals surface area contributed by atoms with Gasteiger partial charge in [0.05, 0.1) is 0 Å². The Morgan fingerprint density at radius 2 is 2.24 bits per heavy atom. The third-order valence-electron chi connectivity index (χ3n) is 3.12. The van der Waals surface area contributed by atoms with Gasteiger partial charge in [0.2, 0.25) is 0 Å². The quantitative estimate of drug-likeness (QED) is 0.871. The van der Waals surface area contributed by atoms with Crippen molar-refractivity contribution in [2.24, 2.45) is 0 Å². The van der Waals surface area contributed by atoms with Crippen LogP contribution in [0.2, 0.25) is 0 Å². The van der Waals surface area contributed by atoms with Gasteiger partial charge in [-0.3, -0.25) is 9.69 Å². The van der Waals surface area contributed by atoms with Crippen molar-refractivity contribution in [3.05, 3.63) is 35.1 Å². The van der Waals surface area contributed by atoms with Gasteiger partial charge in [0.1, 0.15) is 5.82 Å². The van der Waals surface area contributed by atoms with E-state index < -0.39 is 5.97 Å². The van der Waals surface area contributed by atoms with E-state index in [0.29, 0.717) is 6.42 Å². The molecule has 0 bridgehead atoms. The number of hydrogen-bond donors (Lipinski definition) is 1. The molecular weight excluding hydrogens is 221 g/mol. The minimum absolute atomic E-state index is 0.178. The fourth-order valence-electron chi connectivity index (χ4n) is 2.22. The molecule has 1 N–H and O–H groups in total. The molecule has 1 aliphatic heterocycles. The van der Waals surface area contributed by atoms with E-state index in [1.165, 1.54) is 6.07 Å². The van der Waals surface area contributed by atoms with Gasteiger partial charge in [0, 0.05) is 19.5 Å². The Kier molecular flexibility index (Phi) is 3.74. The highest BCUT2D eigenvalue weighted by molar-refractivity contribution is 5.66. The Bertz CT molecular complexity index is 420. The highest BCUT2D eigenvalue weighted by Crippen LogP contribution is 2.20. The normalized spacial score (nSPS) is 15.6. The van der Waals surface area contributed by atoms with Crippen LogP contribution in [0.1, 0.15) is 24.0 Å². The molecule has 1 aliphatic rings. The molecule has 1 aromatic rings. The average Bonchev–Trinajstić information content (AvgIpc) is 2.29. The lowest BCUT2D eigenvalue weighted by molar-refractivity contribution is -0.137. The third kappa shape index (κ3) is 3.27. The van der Waals surface area contributed by atoms with Crippen molar-refractivity contribution in [3.63, 3.8) is 0 Å². The zero-order valence-corrected chi connectivity index (χ0v) is 9.66. The second kappa shape index (κ2) is 5.27. The van der Waals surface area contributed by atoms with Crippen molar-refractivity contribution in [3.8, 4) is 0 Å². The lowest BCUT2D eigenvalue weighted by Gasteiger charge is -2.28. The van der Waals surface area contributed by atoms with Crippen molar-refractivity contribution in [2.45, 2.75) is 25.8 Å². The lowest BCUT2D eigenvalue weighted by atomic mass is 9.99. The van der Waals surface area contributed by atoms with Crippen LogP contribution in [-0.2, 0) is 17.8 Å². The smallest absolute Gasteiger partial charge is 0.303 e. The van der Waals surface area contributed by atoms with Crippen LogP contribution in [0.25, 0.3) is 0 Å². The average molecular weight is 237 g/mol. The molecule has 4 heteroatoms. The first-order chi connectivity index (χ1) is 8.15. The van der Waals surface area contributed by atoms with Crippen molar-refractivity contribution in [1.82, 2.24) is 4.90 Å². The summed E-state index contributed by atoms with van der Waals surface area (Å²) in [5.41, 5.74) is 2.24. The number of aliphatic carboxylic acids is 1. The van der Waals surface area contributed by atoms with Gasteiger partial charge >= 0.3 is 5.97 Å². The fourth-order valence-corrected chi connectivity index (χ4v) is 2.22. The monoisotopic (exact) mass is 237 g/mol. The summed E-state index contributed by atoms with van der Waals surface area (Å²) in [6, 6.07) is 4.91. The van der Waals surface area contributed by atoms with E-state index >= 15 is 0 Å². The maximum Gasteiger partial charge on any atom is 0.303 e. The van der Waals surface area contributed by atoms with E-state index in [2.05, 4.69) is 4.90 Å². The Labute approximate surface area is 99.9 Å². The topological polar surface area (TPSA) is 40.5 Å². The lowest BCUT2D eigenvalue weighted by Crippen LogP contribution is -2.31. The minimum Gasteiger partial charge on any atom is -0.481 e. The highest BCUT2D eigenvalue weighted by atomic mass is 19.1. The van der Waals surface area contributed by atoms with Gasteiger partial charge in [0.25, 0.3) is 0 Å². The predicted octanol–water partition coefficient (Wildman–Crippen LogP) is 2.05. The molecule has 0 atom stereocenters. The maximum absolute atomic E-state index is 13.0. The van der Waals surface area contributed by atoms with Crippen LogP contribution in [0, 0.1) is 5.82 Å². The molecule has 3 nitrogen and oxygen atoms in total. The summed E-state index contributed by atoms with van der Waals surface area (Å²) in [4.78, 5) is 12.6. The standard InChI is InChI=1S/C13H16FNO2/c14-12-4-3-11-9-15(6-1-2-13(16)17)7-5-10(11)8-12/h3-4,8H,1-2,5-7,9H2,(H,16,17). The Balaban J connectivity index is 1.90. The van der Waals surface area contributed by atoms with Gasteiger partial charge in [-0.2, -0.15) is 0 Å². The zero-order chi connectivity index (χ0) is 12.3. The zero-order valence-electron chi connectivity index (χ0n) is 9.66. The SMILES string of the molecule is O=C(O)CCCN1CCc2cc(F)ccc2C1. The number of carboxylic acid groups (broad SMARTS) is 1.